The SMILES string of the molecule is c1nc(N2CCC3NCCC3C2)c2ccsc2n1. The summed E-state index contributed by atoms with van der Waals surface area (Å²) in [6.07, 6.45) is 4.24. The zero-order valence-corrected chi connectivity index (χ0v) is 11.0. The molecule has 4 heterocycles. The van der Waals surface area contributed by atoms with Crippen molar-refractivity contribution in [2.24, 2.45) is 5.92 Å². The maximum Gasteiger partial charge on any atom is 0.140 e. The number of rotatable bonds is 1. The number of hydrogen-bond donors (Lipinski definition) is 1. The highest BCUT2D eigenvalue weighted by molar-refractivity contribution is 7.16. The van der Waals surface area contributed by atoms with E-state index in [0.717, 1.165) is 35.7 Å². The Morgan fingerprint density at radius 3 is 3.33 bits per heavy atom. The van der Waals surface area contributed by atoms with Crippen molar-refractivity contribution in [1.82, 2.24) is 15.3 Å². The van der Waals surface area contributed by atoms with Gasteiger partial charge in [0.1, 0.15) is 17.0 Å². The van der Waals surface area contributed by atoms with Gasteiger partial charge in [-0.15, -0.1) is 11.3 Å². The van der Waals surface area contributed by atoms with Gasteiger partial charge in [0.2, 0.25) is 0 Å². The maximum absolute atomic E-state index is 4.52. The first-order valence-corrected chi connectivity index (χ1v) is 7.46. The average molecular weight is 260 g/mol. The van der Waals surface area contributed by atoms with Crippen LogP contribution in [0.1, 0.15) is 12.8 Å². The zero-order chi connectivity index (χ0) is 11.9. The smallest absolute Gasteiger partial charge is 0.140 e. The first-order chi connectivity index (χ1) is 8.92. The van der Waals surface area contributed by atoms with E-state index in [-0.39, 0.29) is 0 Å². The van der Waals surface area contributed by atoms with Crippen LogP contribution in [0.3, 0.4) is 0 Å². The summed E-state index contributed by atoms with van der Waals surface area (Å²) in [4.78, 5) is 12.4. The van der Waals surface area contributed by atoms with Crippen LogP contribution < -0.4 is 10.2 Å². The fraction of sp³-hybridized carbons (Fsp3) is 0.538. The lowest BCUT2D eigenvalue weighted by atomic mass is 9.93. The Hall–Kier alpha value is -1.20. The second kappa shape index (κ2) is 4.17. The van der Waals surface area contributed by atoms with E-state index in [0.29, 0.717) is 0 Å². The lowest BCUT2D eigenvalue weighted by molar-refractivity contribution is 0.375. The number of aromatic nitrogens is 2. The molecule has 18 heavy (non-hydrogen) atoms. The molecule has 2 aromatic rings. The van der Waals surface area contributed by atoms with Gasteiger partial charge in [-0.2, -0.15) is 0 Å². The van der Waals surface area contributed by atoms with Crippen LogP contribution in [0, 0.1) is 5.92 Å². The molecule has 2 saturated heterocycles. The number of nitrogens with zero attached hydrogens (tertiary/aromatic N) is 3. The molecule has 5 heteroatoms. The van der Waals surface area contributed by atoms with Crippen molar-refractivity contribution < 1.29 is 0 Å². The van der Waals surface area contributed by atoms with Gasteiger partial charge in [-0.05, 0) is 36.8 Å². The van der Waals surface area contributed by atoms with E-state index < -0.39 is 0 Å². The van der Waals surface area contributed by atoms with Crippen LogP contribution in [0.2, 0.25) is 0 Å². The Labute approximate surface area is 110 Å². The number of anilines is 1. The molecule has 2 fully saturated rings. The van der Waals surface area contributed by atoms with Crippen LogP contribution in [-0.4, -0.2) is 35.6 Å². The fourth-order valence-electron chi connectivity index (χ4n) is 3.27. The molecule has 0 aromatic carbocycles. The van der Waals surface area contributed by atoms with E-state index >= 15 is 0 Å². The predicted octanol–water partition coefficient (Wildman–Crippen LogP) is 1.88. The molecule has 0 spiro atoms. The van der Waals surface area contributed by atoms with Gasteiger partial charge in [-0.25, -0.2) is 9.97 Å². The molecule has 0 saturated carbocycles. The Kier molecular flexibility index (Phi) is 2.48. The summed E-state index contributed by atoms with van der Waals surface area (Å²) in [6.45, 7) is 3.43. The first-order valence-electron chi connectivity index (χ1n) is 6.58. The van der Waals surface area contributed by atoms with Crippen LogP contribution in [-0.2, 0) is 0 Å². The highest BCUT2D eigenvalue weighted by atomic mass is 32.1. The van der Waals surface area contributed by atoms with Crippen LogP contribution >= 0.6 is 11.3 Å². The van der Waals surface area contributed by atoms with Gasteiger partial charge < -0.3 is 10.2 Å². The second-order valence-corrected chi connectivity index (χ2v) is 6.08. The predicted molar refractivity (Wildman–Crippen MR) is 74.1 cm³/mol. The molecule has 2 aliphatic rings. The van der Waals surface area contributed by atoms with Gasteiger partial charge in [0.15, 0.2) is 0 Å². The molecule has 0 aliphatic carbocycles. The molecule has 0 bridgehead atoms. The van der Waals surface area contributed by atoms with Gasteiger partial charge in [0.25, 0.3) is 0 Å². The third-order valence-corrected chi connectivity index (χ3v) is 5.02. The standard InChI is InChI=1S/C13H16N4S/c1-4-14-11-2-5-17(7-9(1)11)12-10-3-6-18-13(10)16-8-15-12/h3,6,8-9,11,14H,1-2,4-5,7H2. The highest BCUT2D eigenvalue weighted by Gasteiger charge is 2.33. The molecule has 0 radical (unpaired) electrons. The Balaban J connectivity index is 1.68. The molecule has 2 unspecified atom stereocenters. The summed E-state index contributed by atoms with van der Waals surface area (Å²) in [6, 6.07) is 2.88. The number of hydrogen-bond acceptors (Lipinski definition) is 5. The molecule has 94 valence electrons. The number of piperidine rings is 1. The molecule has 2 aromatic heterocycles. The molecule has 4 rings (SSSR count). The second-order valence-electron chi connectivity index (χ2n) is 5.18. The molecular formula is C13H16N4S. The lowest BCUT2D eigenvalue weighted by Gasteiger charge is -2.35. The van der Waals surface area contributed by atoms with Crippen molar-refractivity contribution in [1.29, 1.82) is 0 Å². The molecular weight excluding hydrogens is 244 g/mol. The minimum absolute atomic E-state index is 0.737. The van der Waals surface area contributed by atoms with Crippen molar-refractivity contribution in [3.63, 3.8) is 0 Å². The molecule has 2 atom stereocenters. The maximum atomic E-state index is 4.52. The summed E-state index contributed by atoms with van der Waals surface area (Å²) < 4.78 is 0. The van der Waals surface area contributed by atoms with E-state index in [1.54, 1.807) is 17.7 Å². The van der Waals surface area contributed by atoms with Gasteiger partial charge in [0, 0.05) is 19.1 Å². The summed E-state index contributed by atoms with van der Waals surface area (Å²) in [5.74, 6) is 1.93. The minimum atomic E-state index is 0.737. The number of fused-ring (bicyclic) bond motifs is 2. The van der Waals surface area contributed by atoms with Crippen LogP contribution in [0.15, 0.2) is 17.8 Å². The monoisotopic (exact) mass is 260 g/mol. The van der Waals surface area contributed by atoms with Gasteiger partial charge in [-0.3, -0.25) is 0 Å². The molecule has 1 N–H and O–H groups in total. The largest absolute Gasteiger partial charge is 0.356 e. The van der Waals surface area contributed by atoms with E-state index in [1.165, 1.54) is 24.8 Å². The van der Waals surface area contributed by atoms with Crippen molar-refractivity contribution in [2.45, 2.75) is 18.9 Å². The molecule has 0 amide bonds. The molecule has 2 aliphatic heterocycles. The van der Waals surface area contributed by atoms with Gasteiger partial charge >= 0.3 is 0 Å². The minimum Gasteiger partial charge on any atom is -0.356 e. The fourth-order valence-corrected chi connectivity index (χ4v) is 4.00. The van der Waals surface area contributed by atoms with Crippen molar-refractivity contribution in [2.75, 3.05) is 24.5 Å². The molecule has 4 nitrogen and oxygen atoms in total. The summed E-state index contributed by atoms with van der Waals surface area (Å²) in [5.41, 5.74) is 0. The lowest BCUT2D eigenvalue weighted by Crippen LogP contribution is -2.44. The summed E-state index contributed by atoms with van der Waals surface area (Å²) in [7, 11) is 0. The average Bonchev–Trinajstić information content (AvgIpc) is 3.05. The highest BCUT2D eigenvalue weighted by Crippen LogP contribution is 2.32. The van der Waals surface area contributed by atoms with E-state index in [2.05, 4.69) is 31.6 Å². The summed E-state index contributed by atoms with van der Waals surface area (Å²) >= 11 is 1.69. The van der Waals surface area contributed by atoms with Crippen molar-refractivity contribution in [3.8, 4) is 0 Å². The zero-order valence-electron chi connectivity index (χ0n) is 10.2. The summed E-state index contributed by atoms with van der Waals surface area (Å²) in [5, 5.41) is 6.92. The Morgan fingerprint density at radius 2 is 2.33 bits per heavy atom. The van der Waals surface area contributed by atoms with E-state index in [4.69, 9.17) is 0 Å². The number of thiophene rings is 1. The van der Waals surface area contributed by atoms with Crippen molar-refractivity contribution >= 4 is 27.4 Å². The number of nitrogens with one attached hydrogen (secondary N) is 1. The third-order valence-electron chi connectivity index (χ3n) is 4.20. The third kappa shape index (κ3) is 1.61. The Morgan fingerprint density at radius 1 is 1.33 bits per heavy atom. The topological polar surface area (TPSA) is 41.1 Å². The van der Waals surface area contributed by atoms with Crippen LogP contribution in [0.5, 0.6) is 0 Å². The van der Waals surface area contributed by atoms with Gasteiger partial charge in [-0.1, -0.05) is 0 Å². The van der Waals surface area contributed by atoms with Crippen molar-refractivity contribution in [3.05, 3.63) is 17.8 Å². The van der Waals surface area contributed by atoms with Gasteiger partial charge in [0.05, 0.1) is 5.39 Å². The first kappa shape index (κ1) is 10.7. The van der Waals surface area contributed by atoms with E-state index in [1.807, 2.05) is 0 Å². The normalized spacial score (nSPS) is 27.7. The van der Waals surface area contributed by atoms with Crippen LogP contribution in [0.4, 0.5) is 5.82 Å². The quantitative estimate of drug-likeness (QED) is 0.850. The van der Waals surface area contributed by atoms with E-state index in [9.17, 15) is 0 Å². The van der Waals surface area contributed by atoms with Crippen LogP contribution in [0.25, 0.3) is 10.2 Å². The Bertz CT molecular complexity index is 567.